The first-order chi connectivity index (χ1) is 11.6. The number of nitrogens with zero attached hydrogens (tertiary/aromatic N) is 3. The van der Waals surface area contributed by atoms with Crippen molar-refractivity contribution in [2.45, 2.75) is 64.5 Å². The van der Waals surface area contributed by atoms with Crippen molar-refractivity contribution in [1.82, 2.24) is 15.0 Å². The topological polar surface area (TPSA) is 70.9 Å². The van der Waals surface area contributed by atoms with Crippen LogP contribution in [0.5, 0.6) is 0 Å². The molecular weight excluding hydrogens is 300 g/mol. The van der Waals surface area contributed by atoms with Gasteiger partial charge in [0.25, 0.3) is 0 Å². The van der Waals surface area contributed by atoms with E-state index < -0.39 is 0 Å². The molecule has 2 heterocycles. The summed E-state index contributed by atoms with van der Waals surface area (Å²) in [6.07, 6.45) is 7.91. The molecule has 3 rings (SSSR count). The van der Waals surface area contributed by atoms with E-state index in [0.717, 1.165) is 48.3 Å². The number of hydrogen-bond donors (Lipinski definition) is 2. The zero-order valence-electron chi connectivity index (χ0n) is 14.5. The quantitative estimate of drug-likeness (QED) is 0.901. The summed E-state index contributed by atoms with van der Waals surface area (Å²) in [7, 11) is 0. The van der Waals surface area contributed by atoms with Crippen LogP contribution in [0.25, 0.3) is 11.3 Å². The summed E-state index contributed by atoms with van der Waals surface area (Å²) in [6, 6.07) is 5.97. The lowest BCUT2D eigenvalue weighted by Gasteiger charge is -2.26. The summed E-state index contributed by atoms with van der Waals surface area (Å²) < 4.78 is 0. The van der Waals surface area contributed by atoms with Crippen molar-refractivity contribution < 1.29 is 5.11 Å². The molecule has 1 aliphatic carbocycles. The number of nitrogens with one attached hydrogen (secondary N) is 1. The summed E-state index contributed by atoms with van der Waals surface area (Å²) in [5.41, 5.74) is 3.84. The SMILES string of the molecule is Cc1ccc(-c2ccnc(N[C@H]3CCCCCC[C@@H]3O)n2)c(C)n1. The summed E-state index contributed by atoms with van der Waals surface area (Å²) in [4.78, 5) is 13.5. The third-order valence-corrected chi connectivity index (χ3v) is 4.70. The van der Waals surface area contributed by atoms with Crippen LogP contribution in [-0.4, -0.2) is 32.2 Å². The van der Waals surface area contributed by atoms with Gasteiger partial charge in [-0.05, 0) is 44.9 Å². The standard InChI is InChI=1S/C19H26N4O/c1-13-9-10-15(14(2)21-13)16-11-12-20-19(22-16)23-17-7-5-3-4-6-8-18(17)24/h9-12,17-18,24H,3-8H2,1-2H3,(H,20,22,23)/t17-,18-/m0/s1. The normalized spacial score (nSPS) is 21.8. The van der Waals surface area contributed by atoms with Gasteiger partial charge in [0.2, 0.25) is 5.95 Å². The van der Waals surface area contributed by atoms with E-state index in [2.05, 4.69) is 26.3 Å². The Balaban J connectivity index is 1.79. The van der Waals surface area contributed by atoms with Gasteiger partial charge in [-0.2, -0.15) is 0 Å². The van der Waals surface area contributed by atoms with Gasteiger partial charge in [-0.3, -0.25) is 4.98 Å². The molecule has 5 heteroatoms. The van der Waals surface area contributed by atoms with Gasteiger partial charge in [0.15, 0.2) is 0 Å². The van der Waals surface area contributed by atoms with Gasteiger partial charge in [0.1, 0.15) is 0 Å². The summed E-state index contributed by atoms with van der Waals surface area (Å²) in [6.45, 7) is 3.98. The maximum absolute atomic E-state index is 10.4. The molecule has 0 saturated heterocycles. The number of aromatic nitrogens is 3. The van der Waals surface area contributed by atoms with Crippen LogP contribution in [-0.2, 0) is 0 Å². The van der Waals surface area contributed by atoms with Crippen LogP contribution in [0.15, 0.2) is 24.4 Å². The average Bonchev–Trinajstić information content (AvgIpc) is 2.55. The van der Waals surface area contributed by atoms with Crippen LogP contribution < -0.4 is 5.32 Å². The molecule has 0 bridgehead atoms. The van der Waals surface area contributed by atoms with Crippen molar-refractivity contribution in [3.8, 4) is 11.3 Å². The molecule has 0 unspecified atom stereocenters. The average molecular weight is 326 g/mol. The van der Waals surface area contributed by atoms with Gasteiger partial charge in [0, 0.05) is 23.1 Å². The number of anilines is 1. The number of aryl methyl sites for hydroxylation is 2. The van der Waals surface area contributed by atoms with Crippen LogP contribution in [0, 0.1) is 13.8 Å². The highest BCUT2D eigenvalue weighted by atomic mass is 16.3. The largest absolute Gasteiger partial charge is 0.391 e. The van der Waals surface area contributed by atoms with Crippen LogP contribution >= 0.6 is 0 Å². The molecule has 0 spiro atoms. The first kappa shape index (κ1) is 16.8. The van der Waals surface area contributed by atoms with E-state index in [1.165, 1.54) is 12.8 Å². The molecule has 2 aromatic heterocycles. The van der Waals surface area contributed by atoms with E-state index in [1.54, 1.807) is 6.20 Å². The molecule has 0 aliphatic heterocycles. The molecule has 1 saturated carbocycles. The minimum Gasteiger partial charge on any atom is -0.391 e. The zero-order chi connectivity index (χ0) is 16.9. The number of aliphatic hydroxyl groups excluding tert-OH is 1. The van der Waals surface area contributed by atoms with Crippen LogP contribution in [0.2, 0.25) is 0 Å². The fourth-order valence-electron chi connectivity index (χ4n) is 3.33. The predicted octanol–water partition coefficient (Wildman–Crippen LogP) is 3.65. The van der Waals surface area contributed by atoms with Gasteiger partial charge < -0.3 is 10.4 Å². The first-order valence-corrected chi connectivity index (χ1v) is 8.86. The van der Waals surface area contributed by atoms with E-state index in [9.17, 15) is 5.11 Å². The van der Waals surface area contributed by atoms with E-state index in [1.807, 2.05) is 26.0 Å². The van der Waals surface area contributed by atoms with Crippen molar-refractivity contribution in [1.29, 1.82) is 0 Å². The van der Waals surface area contributed by atoms with Crippen LogP contribution in [0.4, 0.5) is 5.95 Å². The number of hydrogen-bond acceptors (Lipinski definition) is 5. The Hall–Kier alpha value is -2.01. The van der Waals surface area contributed by atoms with Gasteiger partial charge in [-0.25, -0.2) is 9.97 Å². The molecule has 5 nitrogen and oxygen atoms in total. The predicted molar refractivity (Wildman–Crippen MR) is 95.9 cm³/mol. The first-order valence-electron chi connectivity index (χ1n) is 8.86. The Labute approximate surface area is 143 Å². The van der Waals surface area contributed by atoms with Gasteiger partial charge in [-0.15, -0.1) is 0 Å². The molecule has 2 N–H and O–H groups in total. The second kappa shape index (κ2) is 7.71. The number of pyridine rings is 1. The Morgan fingerprint density at radius 2 is 1.79 bits per heavy atom. The highest BCUT2D eigenvalue weighted by molar-refractivity contribution is 5.62. The van der Waals surface area contributed by atoms with Crippen LogP contribution in [0.1, 0.15) is 49.9 Å². The van der Waals surface area contributed by atoms with Crippen molar-refractivity contribution >= 4 is 5.95 Å². The fourth-order valence-corrected chi connectivity index (χ4v) is 3.33. The van der Waals surface area contributed by atoms with E-state index in [0.29, 0.717) is 5.95 Å². The Bertz CT molecular complexity index is 689. The monoisotopic (exact) mass is 326 g/mol. The maximum Gasteiger partial charge on any atom is 0.223 e. The Kier molecular flexibility index (Phi) is 5.41. The highest BCUT2D eigenvalue weighted by Crippen LogP contribution is 2.23. The lowest BCUT2D eigenvalue weighted by molar-refractivity contribution is 0.128. The lowest BCUT2D eigenvalue weighted by atomic mass is 9.94. The lowest BCUT2D eigenvalue weighted by Crippen LogP contribution is -2.35. The van der Waals surface area contributed by atoms with E-state index in [4.69, 9.17) is 0 Å². The second-order valence-corrected chi connectivity index (χ2v) is 6.66. The molecule has 2 aromatic rings. The highest BCUT2D eigenvalue weighted by Gasteiger charge is 2.21. The summed E-state index contributed by atoms with van der Waals surface area (Å²) in [5.74, 6) is 0.581. The van der Waals surface area contributed by atoms with Crippen molar-refractivity contribution in [2.75, 3.05) is 5.32 Å². The second-order valence-electron chi connectivity index (χ2n) is 6.66. The molecule has 0 radical (unpaired) electrons. The van der Waals surface area contributed by atoms with E-state index in [-0.39, 0.29) is 12.1 Å². The molecule has 1 fully saturated rings. The van der Waals surface area contributed by atoms with Crippen molar-refractivity contribution in [2.24, 2.45) is 0 Å². The zero-order valence-corrected chi connectivity index (χ0v) is 14.5. The third-order valence-electron chi connectivity index (χ3n) is 4.70. The van der Waals surface area contributed by atoms with Crippen molar-refractivity contribution in [3.63, 3.8) is 0 Å². The van der Waals surface area contributed by atoms with Crippen LogP contribution in [0.3, 0.4) is 0 Å². The Morgan fingerprint density at radius 1 is 1.00 bits per heavy atom. The molecule has 2 atom stereocenters. The fraction of sp³-hybridized carbons (Fsp3) is 0.526. The minimum absolute atomic E-state index is 0.0257. The molecule has 0 aromatic carbocycles. The number of rotatable bonds is 3. The van der Waals surface area contributed by atoms with Gasteiger partial charge in [0.05, 0.1) is 17.8 Å². The van der Waals surface area contributed by atoms with Gasteiger partial charge in [-0.1, -0.05) is 25.7 Å². The van der Waals surface area contributed by atoms with Crippen molar-refractivity contribution in [3.05, 3.63) is 35.8 Å². The molecule has 0 amide bonds. The van der Waals surface area contributed by atoms with E-state index >= 15 is 0 Å². The Morgan fingerprint density at radius 3 is 2.58 bits per heavy atom. The third kappa shape index (κ3) is 4.09. The summed E-state index contributed by atoms with van der Waals surface area (Å²) in [5, 5.41) is 13.7. The smallest absolute Gasteiger partial charge is 0.223 e. The number of aliphatic hydroxyl groups is 1. The molecule has 128 valence electrons. The van der Waals surface area contributed by atoms with Gasteiger partial charge >= 0.3 is 0 Å². The molecule has 24 heavy (non-hydrogen) atoms. The molecular formula is C19H26N4O. The minimum atomic E-state index is -0.333. The summed E-state index contributed by atoms with van der Waals surface area (Å²) >= 11 is 0. The molecule has 1 aliphatic rings. The maximum atomic E-state index is 10.4.